The summed E-state index contributed by atoms with van der Waals surface area (Å²) in [5.74, 6) is 0.295. The molecule has 0 saturated carbocycles. The molecule has 2 unspecified atom stereocenters. The van der Waals surface area contributed by atoms with Crippen LogP contribution in [-0.2, 0) is 0 Å². The number of hydrogen-bond acceptors (Lipinski definition) is 3. The molecule has 0 aliphatic rings. The summed E-state index contributed by atoms with van der Waals surface area (Å²) in [6.07, 6.45) is 0.668. The van der Waals surface area contributed by atoms with E-state index < -0.39 is 17.9 Å². The van der Waals surface area contributed by atoms with Crippen LogP contribution in [0.1, 0.15) is 38.8 Å². The third-order valence-electron chi connectivity index (χ3n) is 3.32. The van der Waals surface area contributed by atoms with E-state index in [1.54, 1.807) is 19.1 Å². The van der Waals surface area contributed by atoms with Crippen molar-refractivity contribution < 1.29 is 19.0 Å². The van der Waals surface area contributed by atoms with Crippen molar-refractivity contribution in [3.8, 4) is 5.75 Å². The van der Waals surface area contributed by atoms with E-state index in [0.29, 0.717) is 23.7 Å². The maximum absolute atomic E-state index is 13.9. The fourth-order valence-electron chi connectivity index (χ4n) is 2.36. The van der Waals surface area contributed by atoms with Gasteiger partial charge in [0.1, 0.15) is 11.6 Å². The Bertz CT molecular complexity index is 494. The largest absolute Gasteiger partial charge is 0.496 e. The lowest BCUT2D eigenvalue weighted by Crippen LogP contribution is -2.45. The molecule has 1 aromatic rings. The highest BCUT2D eigenvalue weighted by molar-refractivity contribution is 5.75. The zero-order chi connectivity index (χ0) is 16.7. The Morgan fingerprint density at radius 1 is 1.32 bits per heavy atom. The zero-order valence-electron chi connectivity index (χ0n) is 13.5. The molecular formula is C16H25FN2O3. The second-order valence-electron chi connectivity index (χ2n) is 5.70. The van der Waals surface area contributed by atoms with E-state index >= 15 is 0 Å². The van der Waals surface area contributed by atoms with Crippen LogP contribution in [0.15, 0.2) is 18.2 Å². The van der Waals surface area contributed by atoms with Crippen molar-refractivity contribution in [3.05, 3.63) is 29.6 Å². The van der Waals surface area contributed by atoms with Crippen molar-refractivity contribution in [2.45, 2.75) is 39.3 Å². The molecule has 0 fully saturated rings. The van der Waals surface area contributed by atoms with Gasteiger partial charge < -0.3 is 20.5 Å². The zero-order valence-corrected chi connectivity index (χ0v) is 13.5. The first-order chi connectivity index (χ1) is 10.4. The molecule has 0 radical (unpaired) electrons. The molecule has 0 bridgehead atoms. The highest BCUT2D eigenvalue weighted by atomic mass is 19.1. The molecule has 0 aliphatic heterocycles. The first kappa shape index (κ1) is 18.2. The predicted octanol–water partition coefficient (Wildman–Crippen LogP) is 2.60. The molecule has 6 heteroatoms. The smallest absolute Gasteiger partial charge is 0.315 e. The fourth-order valence-corrected chi connectivity index (χ4v) is 2.36. The van der Waals surface area contributed by atoms with Crippen LogP contribution in [0.5, 0.6) is 5.75 Å². The molecule has 0 spiro atoms. The minimum atomic E-state index is -0.561. The lowest BCUT2D eigenvalue weighted by Gasteiger charge is -2.22. The van der Waals surface area contributed by atoms with Gasteiger partial charge in [-0.3, -0.25) is 0 Å². The van der Waals surface area contributed by atoms with E-state index in [-0.39, 0.29) is 12.6 Å². The number of amides is 2. The Kier molecular flexibility index (Phi) is 7.11. The quantitative estimate of drug-likeness (QED) is 0.725. The number of hydrogen-bond donors (Lipinski definition) is 3. The van der Waals surface area contributed by atoms with Gasteiger partial charge in [0.25, 0.3) is 0 Å². The van der Waals surface area contributed by atoms with Crippen molar-refractivity contribution >= 4 is 6.03 Å². The number of aliphatic hydroxyl groups is 1. The highest BCUT2D eigenvalue weighted by Crippen LogP contribution is 2.27. The van der Waals surface area contributed by atoms with Crippen LogP contribution >= 0.6 is 0 Å². The van der Waals surface area contributed by atoms with Gasteiger partial charge in [-0.2, -0.15) is 0 Å². The van der Waals surface area contributed by atoms with Crippen LogP contribution in [0.25, 0.3) is 0 Å². The topological polar surface area (TPSA) is 70.6 Å². The van der Waals surface area contributed by atoms with Crippen molar-refractivity contribution in [1.82, 2.24) is 10.6 Å². The van der Waals surface area contributed by atoms with Crippen LogP contribution < -0.4 is 15.4 Å². The molecule has 5 nitrogen and oxygen atoms in total. The van der Waals surface area contributed by atoms with Gasteiger partial charge in [-0.15, -0.1) is 0 Å². The lowest BCUT2D eigenvalue weighted by molar-refractivity contribution is 0.205. The molecule has 0 aromatic heterocycles. The number of aliphatic hydroxyl groups excluding tert-OH is 1. The molecule has 0 saturated heterocycles. The summed E-state index contributed by atoms with van der Waals surface area (Å²) in [4.78, 5) is 12.0. The Labute approximate surface area is 130 Å². The van der Waals surface area contributed by atoms with Gasteiger partial charge in [-0.05, 0) is 31.4 Å². The van der Waals surface area contributed by atoms with E-state index in [0.717, 1.165) is 0 Å². The first-order valence-electron chi connectivity index (χ1n) is 7.39. The monoisotopic (exact) mass is 312 g/mol. The molecule has 2 atom stereocenters. The summed E-state index contributed by atoms with van der Waals surface area (Å²) in [5.41, 5.74) is 0.296. The van der Waals surface area contributed by atoms with Crippen LogP contribution in [0.3, 0.4) is 0 Å². The minimum Gasteiger partial charge on any atom is -0.496 e. The molecule has 1 aromatic carbocycles. The Morgan fingerprint density at radius 2 is 2.00 bits per heavy atom. The molecule has 22 heavy (non-hydrogen) atoms. The molecule has 0 aliphatic carbocycles. The van der Waals surface area contributed by atoms with Crippen LogP contribution in [-0.4, -0.2) is 30.9 Å². The summed E-state index contributed by atoms with van der Waals surface area (Å²) in [6, 6.07) is 3.18. The fraction of sp³-hybridized carbons (Fsp3) is 0.562. The molecule has 124 valence electrons. The van der Waals surface area contributed by atoms with Gasteiger partial charge in [0.05, 0.1) is 31.4 Å². The summed E-state index contributed by atoms with van der Waals surface area (Å²) in [6.45, 7) is 5.56. The van der Waals surface area contributed by atoms with Crippen molar-refractivity contribution in [2.75, 3.05) is 13.7 Å². The SMILES string of the molecule is COc1cccc(F)c1C(C)NC(=O)NC(CO)CC(C)C. The van der Waals surface area contributed by atoms with Crippen LogP contribution in [0.2, 0.25) is 0 Å². The molecule has 0 heterocycles. The lowest BCUT2D eigenvalue weighted by atomic mass is 10.0. The van der Waals surface area contributed by atoms with Crippen LogP contribution in [0, 0.1) is 11.7 Å². The van der Waals surface area contributed by atoms with Crippen LogP contribution in [0.4, 0.5) is 9.18 Å². The standard InChI is InChI=1S/C16H25FN2O3/c1-10(2)8-12(9-20)19-16(21)18-11(3)15-13(17)6-5-7-14(15)22-4/h5-7,10-12,20H,8-9H2,1-4H3,(H2,18,19,21). The number of ether oxygens (including phenoxy) is 1. The van der Waals surface area contributed by atoms with Crippen molar-refractivity contribution in [1.29, 1.82) is 0 Å². The number of urea groups is 1. The number of halogens is 1. The predicted molar refractivity (Wildman–Crippen MR) is 83.4 cm³/mol. The molecular weight excluding hydrogens is 287 g/mol. The second-order valence-corrected chi connectivity index (χ2v) is 5.70. The third kappa shape index (κ3) is 5.18. The van der Waals surface area contributed by atoms with Gasteiger partial charge in [-0.25, -0.2) is 9.18 Å². The number of carbonyl (C=O) groups is 1. The van der Waals surface area contributed by atoms with E-state index in [1.165, 1.54) is 13.2 Å². The summed E-state index contributed by atoms with van der Waals surface area (Å²) >= 11 is 0. The van der Waals surface area contributed by atoms with E-state index in [4.69, 9.17) is 4.74 Å². The number of carbonyl (C=O) groups excluding carboxylic acids is 1. The number of rotatable bonds is 7. The minimum absolute atomic E-state index is 0.136. The van der Waals surface area contributed by atoms with Gasteiger partial charge in [0, 0.05) is 0 Å². The van der Waals surface area contributed by atoms with Gasteiger partial charge >= 0.3 is 6.03 Å². The third-order valence-corrected chi connectivity index (χ3v) is 3.32. The number of nitrogens with one attached hydrogen (secondary N) is 2. The van der Waals surface area contributed by atoms with Gasteiger partial charge in [-0.1, -0.05) is 19.9 Å². The number of methoxy groups -OCH3 is 1. The van der Waals surface area contributed by atoms with Gasteiger partial charge in [0.15, 0.2) is 0 Å². The van der Waals surface area contributed by atoms with Gasteiger partial charge in [0.2, 0.25) is 0 Å². The first-order valence-corrected chi connectivity index (χ1v) is 7.39. The van der Waals surface area contributed by atoms with E-state index in [9.17, 15) is 14.3 Å². The maximum atomic E-state index is 13.9. The van der Waals surface area contributed by atoms with Crippen molar-refractivity contribution in [3.63, 3.8) is 0 Å². The average molecular weight is 312 g/mol. The summed E-state index contributed by atoms with van der Waals surface area (Å²) < 4.78 is 19.1. The Hall–Kier alpha value is -1.82. The average Bonchev–Trinajstić information content (AvgIpc) is 2.45. The molecule has 2 amide bonds. The highest BCUT2D eigenvalue weighted by Gasteiger charge is 2.20. The number of benzene rings is 1. The maximum Gasteiger partial charge on any atom is 0.315 e. The molecule has 1 rings (SSSR count). The normalized spacial score (nSPS) is 13.6. The summed E-state index contributed by atoms with van der Waals surface area (Å²) in [7, 11) is 1.45. The van der Waals surface area contributed by atoms with E-state index in [2.05, 4.69) is 10.6 Å². The second kappa shape index (κ2) is 8.58. The Morgan fingerprint density at radius 3 is 2.55 bits per heavy atom. The molecule has 3 N–H and O–H groups in total. The van der Waals surface area contributed by atoms with E-state index in [1.807, 2.05) is 13.8 Å². The Balaban J connectivity index is 2.72. The van der Waals surface area contributed by atoms with Crippen molar-refractivity contribution in [2.24, 2.45) is 5.92 Å². The summed E-state index contributed by atoms with van der Waals surface area (Å²) in [5, 5.41) is 14.6.